The molecule has 1 fully saturated rings. The van der Waals surface area contributed by atoms with E-state index in [9.17, 15) is 0 Å². The van der Waals surface area contributed by atoms with Gasteiger partial charge >= 0.3 is 0 Å². The number of fused-ring (bicyclic) bond motifs is 1. The molecule has 1 aliphatic rings. The van der Waals surface area contributed by atoms with Crippen LogP contribution in [0.4, 0.5) is 11.5 Å². The van der Waals surface area contributed by atoms with Crippen molar-refractivity contribution in [2.24, 2.45) is 5.92 Å². The maximum atomic E-state index is 5.90. The molecule has 0 radical (unpaired) electrons. The third kappa shape index (κ3) is 4.55. The van der Waals surface area contributed by atoms with Gasteiger partial charge in [0.25, 0.3) is 0 Å². The van der Waals surface area contributed by atoms with E-state index in [0.29, 0.717) is 5.92 Å². The normalized spacial score (nSPS) is 16.2. The average Bonchev–Trinajstić information content (AvgIpc) is 3.21. The fourth-order valence-electron chi connectivity index (χ4n) is 4.80. The zero-order valence-electron chi connectivity index (χ0n) is 20.5. The molecule has 1 atom stereocenters. The molecule has 0 amide bonds. The molecule has 1 aliphatic heterocycles. The number of hydrogen-bond acceptors (Lipinski definition) is 6. The molecule has 0 bridgehead atoms. The van der Waals surface area contributed by atoms with Gasteiger partial charge in [-0.05, 0) is 68.4 Å². The number of hydrogen-bond donors (Lipinski definition) is 2. The Kier molecular flexibility index (Phi) is 6.34. The van der Waals surface area contributed by atoms with Gasteiger partial charge < -0.3 is 15.1 Å². The molecule has 3 aromatic heterocycles. The van der Waals surface area contributed by atoms with Crippen LogP contribution in [0.2, 0.25) is 0 Å². The highest BCUT2D eigenvalue weighted by atomic mass is 32.1. The van der Waals surface area contributed by atoms with Gasteiger partial charge in [0.2, 0.25) is 0 Å². The summed E-state index contributed by atoms with van der Waals surface area (Å²) >= 11 is 5.90. The van der Waals surface area contributed by atoms with Gasteiger partial charge in [0.15, 0.2) is 10.9 Å². The smallest absolute Gasteiger partial charge is 0.173 e. The largest absolute Gasteiger partial charge is 0.351 e. The topological polar surface area (TPSA) is 85.9 Å². The minimum Gasteiger partial charge on any atom is -0.351 e. The van der Waals surface area contributed by atoms with Gasteiger partial charge in [-0.1, -0.05) is 19.9 Å². The highest BCUT2D eigenvalue weighted by molar-refractivity contribution is 7.80. The summed E-state index contributed by atoms with van der Waals surface area (Å²) in [5.74, 6) is 1.30. The molecule has 0 aliphatic carbocycles. The summed E-state index contributed by atoms with van der Waals surface area (Å²) in [6.45, 7) is 10.9. The highest BCUT2D eigenvalue weighted by Gasteiger charge is 2.32. The number of nitrogens with zero attached hydrogens (tertiary/aromatic N) is 6. The first kappa shape index (κ1) is 23.2. The Morgan fingerprint density at radius 2 is 1.94 bits per heavy atom. The fourth-order valence-corrected chi connectivity index (χ4v) is 5.13. The second-order valence-electron chi connectivity index (χ2n) is 9.34. The van der Waals surface area contributed by atoms with Gasteiger partial charge in [0, 0.05) is 48.2 Å². The van der Waals surface area contributed by atoms with Crippen LogP contribution in [-0.2, 0) is 0 Å². The molecular formula is C26H30N8S. The number of rotatable bonds is 4. The van der Waals surface area contributed by atoms with E-state index in [1.54, 1.807) is 0 Å². The number of anilines is 2. The lowest BCUT2D eigenvalue weighted by molar-refractivity contribution is 0.227. The molecular weight excluding hydrogens is 456 g/mol. The van der Waals surface area contributed by atoms with Crippen molar-refractivity contribution in [1.29, 1.82) is 0 Å². The summed E-state index contributed by atoms with van der Waals surface area (Å²) in [4.78, 5) is 9.07. The molecule has 180 valence electrons. The number of benzene rings is 1. The third-order valence-corrected chi connectivity index (χ3v) is 7.03. The van der Waals surface area contributed by atoms with Crippen LogP contribution in [0.1, 0.15) is 25.2 Å². The molecule has 9 heteroatoms. The fraction of sp³-hybridized carbons (Fsp3) is 0.346. The van der Waals surface area contributed by atoms with Crippen molar-refractivity contribution in [3.63, 3.8) is 0 Å². The van der Waals surface area contributed by atoms with Crippen LogP contribution in [0.3, 0.4) is 0 Å². The summed E-state index contributed by atoms with van der Waals surface area (Å²) in [6, 6.07) is 14.4. The predicted octanol–water partition coefficient (Wildman–Crippen LogP) is 4.58. The number of aryl methyl sites for hydroxylation is 2. The molecule has 2 N–H and O–H groups in total. The van der Waals surface area contributed by atoms with Crippen molar-refractivity contribution in [2.75, 3.05) is 29.9 Å². The molecule has 0 saturated carbocycles. The number of piperazine rings is 1. The molecule has 4 heterocycles. The first-order valence-corrected chi connectivity index (χ1v) is 12.3. The SMILES string of the molecule is Cc1n[nH]c(C)c1-c1ccc(N2CCN(C(=S)Nc3cccc4ncccc34)C(C(C)C)C2)nn1. The maximum absolute atomic E-state index is 5.90. The van der Waals surface area contributed by atoms with Crippen molar-refractivity contribution in [1.82, 2.24) is 30.3 Å². The summed E-state index contributed by atoms with van der Waals surface area (Å²) < 4.78 is 0. The van der Waals surface area contributed by atoms with Crippen molar-refractivity contribution in [3.8, 4) is 11.3 Å². The van der Waals surface area contributed by atoms with Crippen LogP contribution < -0.4 is 10.2 Å². The first-order valence-electron chi connectivity index (χ1n) is 11.9. The Morgan fingerprint density at radius 1 is 1.09 bits per heavy atom. The van der Waals surface area contributed by atoms with Gasteiger partial charge in [-0.15, -0.1) is 10.2 Å². The first-order chi connectivity index (χ1) is 16.9. The standard InChI is InChI=1S/C26H30N8S/c1-16(2)23-15-33(24-11-10-22(31-32-24)25-17(3)29-30-18(25)4)13-14-34(23)26(35)28-21-9-5-8-20-19(21)7-6-12-27-20/h5-12,16,23H,13-15H2,1-4H3,(H,28,35)(H,29,30). The number of H-pyrrole nitrogens is 1. The van der Waals surface area contributed by atoms with Gasteiger partial charge in [-0.25, -0.2) is 0 Å². The summed E-state index contributed by atoms with van der Waals surface area (Å²) in [6.07, 6.45) is 1.81. The number of aromatic nitrogens is 5. The van der Waals surface area contributed by atoms with E-state index < -0.39 is 0 Å². The van der Waals surface area contributed by atoms with Crippen molar-refractivity contribution in [2.45, 2.75) is 33.7 Å². The zero-order chi connectivity index (χ0) is 24.5. The van der Waals surface area contributed by atoms with E-state index in [2.05, 4.69) is 72.5 Å². The van der Waals surface area contributed by atoms with Gasteiger partial charge in [0.1, 0.15) is 0 Å². The quantitative estimate of drug-likeness (QED) is 0.406. The zero-order valence-corrected chi connectivity index (χ0v) is 21.3. The summed E-state index contributed by atoms with van der Waals surface area (Å²) in [5, 5.41) is 21.7. The molecule has 8 nitrogen and oxygen atoms in total. The Morgan fingerprint density at radius 3 is 2.66 bits per heavy atom. The van der Waals surface area contributed by atoms with Crippen LogP contribution >= 0.6 is 12.2 Å². The Hall–Kier alpha value is -3.59. The average molecular weight is 487 g/mol. The number of pyridine rings is 1. The van der Waals surface area contributed by atoms with Crippen molar-refractivity contribution >= 4 is 39.7 Å². The van der Waals surface area contributed by atoms with Crippen LogP contribution in [-0.4, -0.2) is 61.1 Å². The van der Waals surface area contributed by atoms with Crippen LogP contribution in [0.25, 0.3) is 22.2 Å². The van der Waals surface area contributed by atoms with E-state index >= 15 is 0 Å². The summed E-state index contributed by atoms with van der Waals surface area (Å²) in [5.41, 5.74) is 5.73. The maximum Gasteiger partial charge on any atom is 0.173 e. The van der Waals surface area contributed by atoms with Gasteiger partial charge in [-0.3, -0.25) is 10.1 Å². The van der Waals surface area contributed by atoms with E-state index in [1.807, 2.05) is 44.3 Å². The van der Waals surface area contributed by atoms with Gasteiger partial charge in [-0.2, -0.15) is 5.10 Å². The van der Waals surface area contributed by atoms with Crippen molar-refractivity contribution < 1.29 is 0 Å². The monoisotopic (exact) mass is 486 g/mol. The molecule has 1 saturated heterocycles. The lowest BCUT2D eigenvalue weighted by Gasteiger charge is -2.45. The number of aromatic amines is 1. The Balaban J connectivity index is 1.32. The van der Waals surface area contributed by atoms with Crippen LogP contribution in [0.15, 0.2) is 48.7 Å². The molecule has 0 spiro atoms. The molecule has 1 aromatic carbocycles. The van der Waals surface area contributed by atoms with E-state index in [0.717, 1.165) is 69.8 Å². The summed E-state index contributed by atoms with van der Waals surface area (Å²) in [7, 11) is 0. The molecule has 1 unspecified atom stereocenters. The second kappa shape index (κ2) is 9.58. The van der Waals surface area contributed by atoms with E-state index in [-0.39, 0.29) is 6.04 Å². The molecule has 4 aromatic rings. The van der Waals surface area contributed by atoms with E-state index in [1.165, 1.54) is 0 Å². The van der Waals surface area contributed by atoms with Crippen LogP contribution in [0.5, 0.6) is 0 Å². The van der Waals surface area contributed by atoms with Gasteiger partial charge in [0.05, 0.1) is 22.9 Å². The minimum absolute atomic E-state index is 0.247. The second-order valence-corrected chi connectivity index (χ2v) is 9.73. The minimum atomic E-state index is 0.247. The molecule has 35 heavy (non-hydrogen) atoms. The Bertz CT molecular complexity index is 1320. The lowest BCUT2D eigenvalue weighted by Crippen LogP contribution is -2.58. The van der Waals surface area contributed by atoms with E-state index in [4.69, 9.17) is 12.2 Å². The van der Waals surface area contributed by atoms with Crippen LogP contribution in [0, 0.1) is 19.8 Å². The Labute approximate surface area is 210 Å². The highest BCUT2D eigenvalue weighted by Crippen LogP contribution is 2.27. The lowest BCUT2D eigenvalue weighted by atomic mass is 10.00. The number of nitrogens with one attached hydrogen (secondary N) is 2. The van der Waals surface area contributed by atoms with Crippen molar-refractivity contribution in [3.05, 3.63) is 60.0 Å². The molecule has 5 rings (SSSR count). The number of thiocarbonyl (C=S) groups is 1. The predicted molar refractivity (Wildman–Crippen MR) is 145 cm³/mol. The third-order valence-electron chi connectivity index (χ3n) is 6.70.